The maximum absolute atomic E-state index is 12.4. The summed E-state index contributed by atoms with van der Waals surface area (Å²) in [6, 6.07) is 9.77. The minimum absolute atomic E-state index is 0.0575. The molecule has 0 bridgehead atoms. The van der Waals surface area contributed by atoms with E-state index in [4.69, 9.17) is 0 Å². The number of carbonyl (C=O) groups is 1. The molecule has 0 unspecified atom stereocenters. The third-order valence-corrected chi connectivity index (χ3v) is 5.77. The average Bonchev–Trinajstić information content (AvgIpc) is 2.92. The molecule has 0 spiro atoms. The van der Waals surface area contributed by atoms with E-state index in [9.17, 15) is 4.79 Å². The Morgan fingerprint density at radius 1 is 1.20 bits per heavy atom. The Balaban J connectivity index is 2.25. The van der Waals surface area contributed by atoms with Crippen molar-refractivity contribution in [1.29, 1.82) is 0 Å². The van der Waals surface area contributed by atoms with Crippen LogP contribution in [0.3, 0.4) is 0 Å². The molecule has 0 saturated heterocycles. The normalized spacial score (nSPS) is 12.2. The lowest BCUT2D eigenvalue weighted by atomic mass is 10.1. The van der Waals surface area contributed by atoms with Gasteiger partial charge in [0.25, 0.3) is 0 Å². The van der Waals surface area contributed by atoms with Crippen LogP contribution in [0.4, 0.5) is 0 Å². The molecule has 0 radical (unpaired) electrons. The summed E-state index contributed by atoms with van der Waals surface area (Å²) >= 11 is 4.54. The third-order valence-electron chi connectivity index (χ3n) is 2.55. The molecule has 1 atom stereocenters. The number of carbonyl (C=O) groups excluding carboxylic acids is 1. The third kappa shape index (κ3) is 3.74. The minimum atomic E-state index is -0.283. The predicted molar refractivity (Wildman–Crippen MR) is 85.4 cm³/mol. The number of nitrogens with zero attached hydrogens (tertiary/aromatic N) is 3. The summed E-state index contributed by atoms with van der Waals surface area (Å²) in [4.78, 5) is 14.0. The zero-order valence-electron chi connectivity index (χ0n) is 11.4. The molecule has 20 heavy (non-hydrogen) atoms. The van der Waals surface area contributed by atoms with Crippen molar-refractivity contribution in [2.45, 2.75) is 13.9 Å². The second-order valence-corrected chi connectivity index (χ2v) is 7.56. The molecule has 7 heteroatoms. The number of aromatic nitrogens is 2. The number of benzene rings is 1. The molecule has 1 heterocycles. The van der Waals surface area contributed by atoms with Crippen LogP contribution < -0.4 is 0 Å². The van der Waals surface area contributed by atoms with Crippen LogP contribution >= 0.6 is 34.9 Å². The van der Waals surface area contributed by atoms with Crippen molar-refractivity contribution in [3.8, 4) is 0 Å². The van der Waals surface area contributed by atoms with Crippen molar-refractivity contribution in [1.82, 2.24) is 15.1 Å². The smallest absolute Gasteiger partial charge is 0.240 e. The van der Waals surface area contributed by atoms with Crippen LogP contribution in [0, 0.1) is 0 Å². The molecule has 1 aromatic heterocycles. The van der Waals surface area contributed by atoms with E-state index >= 15 is 0 Å². The Kier molecular flexibility index (Phi) is 5.45. The molecule has 0 aliphatic heterocycles. The Hall–Kier alpha value is -1.05. The van der Waals surface area contributed by atoms with E-state index in [1.807, 2.05) is 36.6 Å². The van der Waals surface area contributed by atoms with E-state index in [-0.39, 0.29) is 11.2 Å². The maximum Gasteiger partial charge on any atom is 0.240 e. The van der Waals surface area contributed by atoms with Crippen molar-refractivity contribution < 1.29 is 4.79 Å². The SMILES string of the molecule is CSc1nnc(S[C@@H](C(=O)N(C)C)c2ccccc2)s1. The van der Waals surface area contributed by atoms with Crippen LogP contribution in [-0.4, -0.2) is 41.4 Å². The zero-order valence-corrected chi connectivity index (χ0v) is 13.9. The van der Waals surface area contributed by atoms with Gasteiger partial charge in [-0.3, -0.25) is 4.79 Å². The lowest BCUT2D eigenvalue weighted by molar-refractivity contribution is -0.128. The van der Waals surface area contributed by atoms with Gasteiger partial charge in [0.05, 0.1) is 0 Å². The van der Waals surface area contributed by atoms with Gasteiger partial charge in [-0.05, 0) is 11.8 Å². The highest BCUT2D eigenvalue weighted by Crippen LogP contribution is 2.38. The number of thioether (sulfide) groups is 2. The van der Waals surface area contributed by atoms with Crippen molar-refractivity contribution in [3.63, 3.8) is 0 Å². The van der Waals surface area contributed by atoms with Gasteiger partial charge in [0.1, 0.15) is 5.25 Å². The van der Waals surface area contributed by atoms with Gasteiger partial charge in [0.15, 0.2) is 8.68 Å². The summed E-state index contributed by atoms with van der Waals surface area (Å²) in [6.45, 7) is 0. The van der Waals surface area contributed by atoms with Crippen LogP contribution in [0.15, 0.2) is 39.0 Å². The Bertz CT molecular complexity index is 571. The van der Waals surface area contributed by atoms with Crippen LogP contribution in [0.25, 0.3) is 0 Å². The van der Waals surface area contributed by atoms with Crippen LogP contribution in [-0.2, 0) is 4.79 Å². The van der Waals surface area contributed by atoms with Crippen molar-refractivity contribution >= 4 is 40.8 Å². The van der Waals surface area contributed by atoms with Gasteiger partial charge in [-0.1, -0.05) is 65.2 Å². The largest absolute Gasteiger partial charge is 0.348 e. The summed E-state index contributed by atoms with van der Waals surface area (Å²) in [5.41, 5.74) is 0.983. The second kappa shape index (κ2) is 7.10. The molecule has 1 aromatic carbocycles. The lowest BCUT2D eigenvalue weighted by Gasteiger charge is -2.19. The van der Waals surface area contributed by atoms with Gasteiger partial charge in [-0.25, -0.2) is 0 Å². The first-order valence-corrected chi connectivity index (χ1v) is 8.84. The molecule has 0 aliphatic rings. The molecule has 0 N–H and O–H groups in total. The van der Waals surface area contributed by atoms with E-state index in [1.54, 1.807) is 30.8 Å². The summed E-state index contributed by atoms with van der Waals surface area (Å²) in [5.74, 6) is 0.0575. The van der Waals surface area contributed by atoms with Crippen molar-refractivity contribution in [3.05, 3.63) is 35.9 Å². The number of amides is 1. The molecule has 2 aromatic rings. The highest BCUT2D eigenvalue weighted by molar-refractivity contribution is 8.03. The molecule has 106 valence electrons. The first-order chi connectivity index (χ1) is 9.61. The molecular formula is C13H15N3OS3. The monoisotopic (exact) mass is 325 g/mol. The Morgan fingerprint density at radius 2 is 1.85 bits per heavy atom. The van der Waals surface area contributed by atoms with Gasteiger partial charge >= 0.3 is 0 Å². The lowest BCUT2D eigenvalue weighted by Crippen LogP contribution is -2.26. The molecule has 0 saturated carbocycles. The van der Waals surface area contributed by atoms with E-state index in [0.29, 0.717) is 0 Å². The molecule has 2 rings (SSSR count). The molecule has 1 amide bonds. The molecular weight excluding hydrogens is 310 g/mol. The van der Waals surface area contributed by atoms with Gasteiger partial charge in [0.2, 0.25) is 5.91 Å². The number of likely N-dealkylation sites (N-methyl/N-ethyl adjacent to an activating group) is 1. The van der Waals surface area contributed by atoms with E-state index in [1.165, 1.54) is 23.1 Å². The standard InChI is InChI=1S/C13H15N3OS3/c1-16(2)11(17)10(9-7-5-4-6-8-9)19-13-15-14-12(18-3)20-13/h4-8,10H,1-3H3/t10-/m1/s1. The summed E-state index contributed by atoms with van der Waals surface area (Å²) in [6.07, 6.45) is 1.97. The van der Waals surface area contributed by atoms with Gasteiger partial charge in [-0.2, -0.15) is 0 Å². The summed E-state index contributed by atoms with van der Waals surface area (Å²) in [5, 5.41) is 7.92. The van der Waals surface area contributed by atoms with Gasteiger partial charge in [0, 0.05) is 14.1 Å². The van der Waals surface area contributed by atoms with E-state index < -0.39 is 0 Å². The number of rotatable bonds is 5. The zero-order chi connectivity index (χ0) is 14.5. The number of hydrogen-bond acceptors (Lipinski definition) is 6. The summed E-state index contributed by atoms with van der Waals surface area (Å²) < 4.78 is 1.73. The van der Waals surface area contributed by atoms with Crippen LogP contribution in [0.1, 0.15) is 10.8 Å². The van der Waals surface area contributed by atoms with Crippen LogP contribution in [0.5, 0.6) is 0 Å². The first kappa shape index (κ1) is 15.3. The maximum atomic E-state index is 12.4. The number of hydrogen-bond donors (Lipinski definition) is 0. The Morgan fingerprint density at radius 3 is 2.40 bits per heavy atom. The van der Waals surface area contributed by atoms with Crippen molar-refractivity contribution in [2.75, 3.05) is 20.4 Å². The highest BCUT2D eigenvalue weighted by Gasteiger charge is 2.25. The molecule has 0 fully saturated rings. The first-order valence-electron chi connectivity index (χ1n) is 5.92. The molecule has 0 aliphatic carbocycles. The minimum Gasteiger partial charge on any atom is -0.348 e. The predicted octanol–water partition coefficient (Wildman–Crippen LogP) is 3.18. The average molecular weight is 325 g/mol. The fraction of sp³-hybridized carbons (Fsp3) is 0.308. The van der Waals surface area contributed by atoms with E-state index in [0.717, 1.165) is 14.2 Å². The fourth-order valence-corrected chi connectivity index (χ4v) is 4.33. The van der Waals surface area contributed by atoms with E-state index in [2.05, 4.69) is 10.2 Å². The fourth-order valence-electron chi connectivity index (χ4n) is 1.55. The highest BCUT2D eigenvalue weighted by atomic mass is 32.2. The summed E-state index contributed by atoms with van der Waals surface area (Å²) in [7, 11) is 3.54. The Labute approximate surface area is 131 Å². The second-order valence-electron chi connectivity index (χ2n) is 4.18. The van der Waals surface area contributed by atoms with Crippen LogP contribution in [0.2, 0.25) is 0 Å². The molecule has 4 nitrogen and oxygen atoms in total. The quantitative estimate of drug-likeness (QED) is 0.790. The topological polar surface area (TPSA) is 46.1 Å². The van der Waals surface area contributed by atoms with Crippen molar-refractivity contribution in [2.24, 2.45) is 0 Å². The van der Waals surface area contributed by atoms with Gasteiger partial charge < -0.3 is 4.90 Å². The van der Waals surface area contributed by atoms with Gasteiger partial charge in [-0.15, -0.1) is 10.2 Å².